The van der Waals surface area contributed by atoms with Gasteiger partial charge in [-0.25, -0.2) is 0 Å². The second kappa shape index (κ2) is 10.0. The molecule has 2 heteroatoms. The molecule has 0 heterocycles. The summed E-state index contributed by atoms with van der Waals surface area (Å²) in [5.41, 5.74) is 0. The Kier molecular flexibility index (Phi) is 9.28. The van der Waals surface area contributed by atoms with Crippen molar-refractivity contribution < 1.29 is 9.53 Å². The largest absolute Gasteiger partial charge is 0.466 e. The molecule has 0 aliphatic rings. The van der Waals surface area contributed by atoms with E-state index in [-0.39, 0.29) is 5.97 Å². The Labute approximate surface area is 86.6 Å². The van der Waals surface area contributed by atoms with Crippen LogP contribution in [0.4, 0.5) is 0 Å². The third kappa shape index (κ3) is 11.0. The number of carbonyl (C=O) groups is 1. The summed E-state index contributed by atoms with van der Waals surface area (Å²) in [6, 6.07) is 0. The predicted octanol–water partition coefficient (Wildman–Crippen LogP) is 3.24. The molecule has 0 N–H and O–H groups in total. The molecule has 2 nitrogen and oxygen atoms in total. The Morgan fingerprint density at radius 1 is 1.21 bits per heavy atom. The van der Waals surface area contributed by atoms with E-state index in [2.05, 4.69) is 13.0 Å². The van der Waals surface area contributed by atoms with Crippen LogP contribution in [-0.2, 0) is 9.53 Å². The number of ether oxygens (including phenoxy) is 1. The van der Waals surface area contributed by atoms with Crippen LogP contribution < -0.4 is 0 Å². The molecule has 0 amide bonds. The van der Waals surface area contributed by atoms with Crippen LogP contribution in [0.3, 0.4) is 0 Å². The van der Waals surface area contributed by atoms with Crippen molar-refractivity contribution >= 4 is 5.97 Å². The number of allylic oxidation sites excluding steroid dienone is 3. The normalized spacial score (nSPS) is 11.3. The lowest BCUT2D eigenvalue weighted by molar-refractivity contribution is -0.140. The zero-order chi connectivity index (χ0) is 10.6. The van der Waals surface area contributed by atoms with E-state index in [1.54, 1.807) is 0 Å². The van der Waals surface area contributed by atoms with Crippen molar-refractivity contribution in [1.82, 2.24) is 0 Å². The first-order chi connectivity index (χ1) is 6.77. The van der Waals surface area contributed by atoms with Crippen molar-refractivity contribution in [3.05, 3.63) is 24.3 Å². The number of hydrogen-bond donors (Lipinski definition) is 0. The summed E-state index contributed by atoms with van der Waals surface area (Å²) in [6.07, 6.45) is 12.6. The molecule has 0 radical (unpaired) electrons. The van der Waals surface area contributed by atoms with Gasteiger partial charge in [-0.1, -0.05) is 44.1 Å². The molecule has 80 valence electrons. The van der Waals surface area contributed by atoms with E-state index in [1.165, 1.54) is 19.8 Å². The molecule has 0 aromatic rings. The van der Waals surface area contributed by atoms with E-state index in [9.17, 15) is 4.79 Å². The Hall–Kier alpha value is -1.05. The van der Waals surface area contributed by atoms with Crippen LogP contribution in [0.5, 0.6) is 0 Å². The van der Waals surface area contributed by atoms with Gasteiger partial charge in [0, 0.05) is 6.92 Å². The maximum absolute atomic E-state index is 10.4. The van der Waals surface area contributed by atoms with Crippen molar-refractivity contribution in [1.29, 1.82) is 0 Å². The van der Waals surface area contributed by atoms with Crippen molar-refractivity contribution in [2.75, 3.05) is 6.61 Å². The van der Waals surface area contributed by atoms with Gasteiger partial charge in [-0.15, -0.1) is 0 Å². The maximum Gasteiger partial charge on any atom is 0.302 e. The molecule has 0 aromatic heterocycles. The van der Waals surface area contributed by atoms with E-state index in [1.807, 2.05) is 18.2 Å². The molecular formula is C12H20O2. The van der Waals surface area contributed by atoms with E-state index < -0.39 is 0 Å². The van der Waals surface area contributed by atoms with Gasteiger partial charge in [0.25, 0.3) is 0 Å². The monoisotopic (exact) mass is 196 g/mol. The van der Waals surface area contributed by atoms with E-state index in [4.69, 9.17) is 4.74 Å². The molecule has 0 spiro atoms. The molecule has 0 saturated carbocycles. The van der Waals surface area contributed by atoms with Gasteiger partial charge >= 0.3 is 5.97 Å². The molecular weight excluding hydrogens is 176 g/mol. The molecule has 0 fully saturated rings. The van der Waals surface area contributed by atoms with Crippen LogP contribution in [0.1, 0.15) is 39.5 Å². The molecule has 0 bridgehead atoms. The van der Waals surface area contributed by atoms with Crippen molar-refractivity contribution in [3.63, 3.8) is 0 Å². The molecule has 0 aromatic carbocycles. The Balaban J connectivity index is 3.26. The summed E-state index contributed by atoms with van der Waals surface area (Å²) < 4.78 is 4.77. The average Bonchev–Trinajstić information content (AvgIpc) is 2.15. The van der Waals surface area contributed by atoms with Gasteiger partial charge in [0.1, 0.15) is 0 Å². The predicted molar refractivity (Wildman–Crippen MR) is 59.1 cm³/mol. The third-order valence-electron chi connectivity index (χ3n) is 1.70. The maximum atomic E-state index is 10.4. The second-order valence-corrected chi connectivity index (χ2v) is 3.13. The number of rotatable bonds is 7. The summed E-state index contributed by atoms with van der Waals surface area (Å²) >= 11 is 0. The Bertz CT molecular complexity index is 192. The third-order valence-corrected chi connectivity index (χ3v) is 1.70. The first-order valence-electron chi connectivity index (χ1n) is 5.22. The molecule has 0 aliphatic carbocycles. The summed E-state index contributed by atoms with van der Waals surface area (Å²) in [5.74, 6) is -0.211. The van der Waals surface area contributed by atoms with Gasteiger partial charge in [0.2, 0.25) is 0 Å². The lowest BCUT2D eigenvalue weighted by Crippen LogP contribution is -1.98. The van der Waals surface area contributed by atoms with Gasteiger partial charge in [-0.05, 0) is 12.8 Å². The topological polar surface area (TPSA) is 26.3 Å². The minimum atomic E-state index is -0.211. The van der Waals surface area contributed by atoms with E-state index in [0.717, 1.165) is 12.8 Å². The molecule has 14 heavy (non-hydrogen) atoms. The highest BCUT2D eigenvalue weighted by Gasteiger charge is 1.87. The van der Waals surface area contributed by atoms with Crippen molar-refractivity contribution in [3.8, 4) is 0 Å². The van der Waals surface area contributed by atoms with Gasteiger partial charge in [-0.3, -0.25) is 4.79 Å². The fourth-order valence-electron chi connectivity index (χ4n) is 0.942. The fraction of sp³-hybridized carbons (Fsp3) is 0.583. The van der Waals surface area contributed by atoms with Gasteiger partial charge in [-0.2, -0.15) is 0 Å². The summed E-state index contributed by atoms with van der Waals surface area (Å²) in [7, 11) is 0. The SMILES string of the molecule is CCCC/C=C/C=C\CCOC(C)=O. The van der Waals surface area contributed by atoms with Crippen LogP contribution in [0.15, 0.2) is 24.3 Å². The molecule has 0 unspecified atom stereocenters. The van der Waals surface area contributed by atoms with E-state index in [0.29, 0.717) is 6.61 Å². The standard InChI is InChI=1S/C12H20O2/c1-3-4-5-6-7-8-9-10-11-14-12(2)13/h6-9H,3-5,10-11H2,1-2H3/b7-6+,9-8-. The average molecular weight is 196 g/mol. The van der Waals surface area contributed by atoms with Crippen LogP contribution >= 0.6 is 0 Å². The summed E-state index contributed by atoms with van der Waals surface area (Å²) in [5, 5.41) is 0. The number of carbonyl (C=O) groups excluding carboxylic acids is 1. The van der Waals surface area contributed by atoms with Crippen molar-refractivity contribution in [2.45, 2.75) is 39.5 Å². The smallest absolute Gasteiger partial charge is 0.302 e. The van der Waals surface area contributed by atoms with Crippen LogP contribution in [-0.4, -0.2) is 12.6 Å². The van der Waals surface area contributed by atoms with Crippen molar-refractivity contribution in [2.24, 2.45) is 0 Å². The zero-order valence-electron chi connectivity index (χ0n) is 9.16. The minimum absolute atomic E-state index is 0.211. The first-order valence-corrected chi connectivity index (χ1v) is 5.22. The van der Waals surface area contributed by atoms with Gasteiger partial charge in [0.05, 0.1) is 6.61 Å². The van der Waals surface area contributed by atoms with Gasteiger partial charge < -0.3 is 4.74 Å². The van der Waals surface area contributed by atoms with Gasteiger partial charge in [0.15, 0.2) is 0 Å². The molecule has 0 rings (SSSR count). The number of unbranched alkanes of at least 4 members (excludes halogenated alkanes) is 2. The fourth-order valence-corrected chi connectivity index (χ4v) is 0.942. The quantitative estimate of drug-likeness (QED) is 0.355. The first kappa shape index (κ1) is 12.9. The van der Waals surface area contributed by atoms with Crippen LogP contribution in [0, 0.1) is 0 Å². The molecule has 0 atom stereocenters. The lowest BCUT2D eigenvalue weighted by atomic mass is 10.2. The van der Waals surface area contributed by atoms with Crippen LogP contribution in [0.2, 0.25) is 0 Å². The minimum Gasteiger partial charge on any atom is -0.466 e. The Morgan fingerprint density at radius 2 is 1.86 bits per heavy atom. The summed E-state index contributed by atoms with van der Waals surface area (Å²) in [4.78, 5) is 10.4. The number of hydrogen-bond acceptors (Lipinski definition) is 2. The highest BCUT2D eigenvalue weighted by atomic mass is 16.5. The highest BCUT2D eigenvalue weighted by Crippen LogP contribution is 1.95. The second-order valence-electron chi connectivity index (χ2n) is 3.13. The lowest BCUT2D eigenvalue weighted by Gasteiger charge is -1.95. The zero-order valence-corrected chi connectivity index (χ0v) is 9.16. The summed E-state index contributed by atoms with van der Waals surface area (Å²) in [6.45, 7) is 4.09. The molecule has 0 saturated heterocycles. The van der Waals surface area contributed by atoms with E-state index >= 15 is 0 Å². The highest BCUT2D eigenvalue weighted by molar-refractivity contribution is 5.65. The van der Waals surface area contributed by atoms with Crippen LogP contribution in [0.25, 0.3) is 0 Å². The Morgan fingerprint density at radius 3 is 2.43 bits per heavy atom. The number of esters is 1. The molecule has 0 aliphatic heterocycles.